The maximum absolute atomic E-state index is 11.7. The van der Waals surface area contributed by atoms with Crippen molar-refractivity contribution in [3.63, 3.8) is 0 Å². The Bertz CT molecular complexity index is 304. The van der Waals surface area contributed by atoms with Crippen molar-refractivity contribution >= 4 is 5.78 Å². The minimum absolute atomic E-state index is 0.289. The van der Waals surface area contributed by atoms with Crippen LogP contribution in [-0.2, 0) is 11.2 Å². The number of nitrogens with zero attached hydrogens (tertiary/aromatic N) is 2. The Balaban J connectivity index is 1.94. The van der Waals surface area contributed by atoms with Gasteiger partial charge in [0.25, 0.3) is 0 Å². The quantitative estimate of drug-likeness (QED) is 0.729. The van der Waals surface area contributed by atoms with E-state index in [0.29, 0.717) is 12.2 Å². The van der Waals surface area contributed by atoms with Gasteiger partial charge in [-0.15, -0.1) is 0 Å². The molecule has 0 unspecified atom stereocenters. The SMILES string of the molecule is O=C(Cc1cnccn1)C1CCCC1. The van der Waals surface area contributed by atoms with Crippen LogP contribution in [0, 0.1) is 5.92 Å². The van der Waals surface area contributed by atoms with Crippen LogP contribution in [0.4, 0.5) is 0 Å². The molecule has 0 aliphatic heterocycles. The first-order chi connectivity index (χ1) is 6.86. The summed E-state index contributed by atoms with van der Waals surface area (Å²) in [7, 11) is 0. The van der Waals surface area contributed by atoms with E-state index in [9.17, 15) is 4.79 Å². The largest absolute Gasteiger partial charge is 0.299 e. The molecule has 0 amide bonds. The topological polar surface area (TPSA) is 42.9 Å². The smallest absolute Gasteiger partial charge is 0.141 e. The Hall–Kier alpha value is -1.25. The lowest BCUT2D eigenvalue weighted by atomic mass is 9.99. The molecule has 1 heterocycles. The van der Waals surface area contributed by atoms with Crippen LogP contribution < -0.4 is 0 Å². The molecule has 0 radical (unpaired) electrons. The lowest BCUT2D eigenvalue weighted by molar-refractivity contribution is -0.122. The summed E-state index contributed by atoms with van der Waals surface area (Å²) in [6.45, 7) is 0. The van der Waals surface area contributed by atoms with Gasteiger partial charge in [-0.3, -0.25) is 14.8 Å². The van der Waals surface area contributed by atoms with Gasteiger partial charge < -0.3 is 0 Å². The monoisotopic (exact) mass is 190 g/mol. The highest BCUT2D eigenvalue weighted by Gasteiger charge is 2.22. The molecule has 1 aliphatic carbocycles. The molecular weight excluding hydrogens is 176 g/mol. The number of ketones is 1. The van der Waals surface area contributed by atoms with Gasteiger partial charge >= 0.3 is 0 Å². The third-order valence-electron chi connectivity index (χ3n) is 2.78. The minimum atomic E-state index is 0.289. The Morgan fingerprint density at radius 3 is 2.79 bits per heavy atom. The highest BCUT2D eigenvalue weighted by atomic mass is 16.1. The molecule has 0 aromatic carbocycles. The lowest BCUT2D eigenvalue weighted by Gasteiger charge is -2.06. The molecule has 0 bridgehead atoms. The summed E-state index contributed by atoms with van der Waals surface area (Å²) in [5.74, 6) is 0.625. The number of carbonyl (C=O) groups excluding carboxylic acids is 1. The molecule has 1 fully saturated rings. The number of rotatable bonds is 3. The summed E-state index contributed by atoms with van der Waals surface area (Å²) in [5, 5.41) is 0. The maximum Gasteiger partial charge on any atom is 0.141 e. The molecule has 3 nitrogen and oxygen atoms in total. The van der Waals surface area contributed by atoms with E-state index in [4.69, 9.17) is 0 Å². The highest BCUT2D eigenvalue weighted by Crippen LogP contribution is 2.26. The van der Waals surface area contributed by atoms with Crippen molar-refractivity contribution in [2.75, 3.05) is 0 Å². The molecule has 1 aromatic rings. The average Bonchev–Trinajstić information content (AvgIpc) is 2.72. The zero-order valence-electron chi connectivity index (χ0n) is 8.15. The predicted molar refractivity (Wildman–Crippen MR) is 52.7 cm³/mol. The van der Waals surface area contributed by atoms with Crippen molar-refractivity contribution in [1.82, 2.24) is 9.97 Å². The molecule has 0 spiro atoms. The fourth-order valence-corrected chi connectivity index (χ4v) is 1.99. The molecule has 0 saturated heterocycles. The van der Waals surface area contributed by atoms with Crippen molar-refractivity contribution in [3.8, 4) is 0 Å². The summed E-state index contributed by atoms with van der Waals surface area (Å²) in [6.07, 6.45) is 9.94. The van der Waals surface area contributed by atoms with Gasteiger partial charge in [-0.05, 0) is 12.8 Å². The van der Waals surface area contributed by atoms with Gasteiger partial charge in [0.05, 0.1) is 12.1 Å². The van der Waals surface area contributed by atoms with Gasteiger partial charge in [-0.2, -0.15) is 0 Å². The van der Waals surface area contributed by atoms with E-state index in [1.54, 1.807) is 18.6 Å². The fourth-order valence-electron chi connectivity index (χ4n) is 1.99. The van der Waals surface area contributed by atoms with Crippen LogP contribution in [0.3, 0.4) is 0 Å². The third kappa shape index (κ3) is 2.16. The zero-order chi connectivity index (χ0) is 9.80. The first-order valence-corrected chi connectivity index (χ1v) is 5.14. The second kappa shape index (κ2) is 4.31. The van der Waals surface area contributed by atoms with Gasteiger partial charge in [0, 0.05) is 24.5 Å². The molecule has 1 aromatic heterocycles. The number of Topliss-reactive ketones (excluding diaryl/α,β-unsaturated/α-hetero) is 1. The first-order valence-electron chi connectivity index (χ1n) is 5.14. The van der Waals surface area contributed by atoms with Crippen LogP contribution in [0.2, 0.25) is 0 Å². The van der Waals surface area contributed by atoms with Crippen molar-refractivity contribution in [3.05, 3.63) is 24.3 Å². The maximum atomic E-state index is 11.7. The molecule has 74 valence electrons. The van der Waals surface area contributed by atoms with Crippen LogP contribution in [-0.4, -0.2) is 15.8 Å². The van der Waals surface area contributed by atoms with Crippen LogP contribution in [0.5, 0.6) is 0 Å². The third-order valence-corrected chi connectivity index (χ3v) is 2.78. The molecule has 0 N–H and O–H groups in total. The van der Waals surface area contributed by atoms with E-state index >= 15 is 0 Å². The summed E-state index contributed by atoms with van der Waals surface area (Å²) < 4.78 is 0. The van der Waals surface area contributed by atoms with Gasteiger partial charge in [0.2, 0.25) is 0 Å². The molecule has 0 atom stereocenters. The standard InChI is InChI=1S/C11H14N2O/c14-11(9-3-1-2-4-9)7-10-8-12-5-6-13-10/h5-6,8-9H,1-4,7H2. The second-order valence-electron chi connectivity index (χ2n) is 3.82. The van der Waals surface area contributed by atoms with E-state index in [0.717, 1.165) is 18.5 Å². The van der Waals surface area contributed by atoms with E-state index in [2.05, 4.69) is 9.97 Å². The number of hydrogen-bond acceptors (Lipinski definition) is 3. The van der Waals surface area contributed by atoms with Crippen molar-refractivity contribution < 1.29 is 4.79 Å². The zero-order valence-corrected chi connectivity index (χ0v) is 8.15. The lowest BCUT2D eigenvalue weighted by Crippen LogP contribution is -2.14. The molecular formula is C11H14N2O. The van der Waals surface area contributed by atoms with Gasteiger partial charge in [-0.25, -0.2) is 0 Å². The van der Waals surface area contributed by atoms with E-state index in [1.807, 2.05) is 0 Å². The van der Waals surface area contributed by atoms with E-state index < -0.39 is 0 Å². The second-order valence-corrected chi connectivity index (χ2v) is 3.82. The van der Waals surface area contributed by atoms with Crippen LogP contribution >= 0.6 is 0 Å². The van der Waals surface area contributed by atoms with Crippen molar-refractivity contribution in [2.24, 2.45) is 5.92 Å². The molecule has 1 saturated carbocycles. The number of carbonyl (C=O) groups is 1. The van der Waals surface area contributed by atoms with Crippen LogP contribution in [0.1, 0.15) is 31.4 Å². The number of aromatic nitrogens is 2. The molecule has 14 heavy (non-hydrogen) atoms. The Morgan fingerprint density at radius 1 is 1.36 bits per heavy atom. The molecule has 2 rings (SSSR count). The fraction of sp³-hybridized carbons (Fsp3) is 0.545. The highest BCUT2D eigenvalue weighted by molar-refractivity contribution is 5.83. The van der Waals surface area contributed by atoms with Gasteiger partial charge in [-0.1, -0.05) is 12.8 Å². The molecule has 1 aliphatic rings. The van der Waals surface area contributed by atoms with E-state index in [1.165, 1.54) is 12.8 Å². The Morgan fingerprint density at radius 2 is 2.14 bits per heavy atom. The molecule has 3 heteroatoms. The van der Waals surface area contributed by atoms with Gasteiger partial charge in [0.15, 0.2) is 0 Å². The normalized spacial score (nSPS) is 17.1. The summed E-state index contributed by atoms with van der Waals surface area (Å²) in [6, 6.07) is 0. The average molecular weight is 190 g/mol. The Labute approximate surface area is 83.6 Å². The Kier molecular flexibility index (Phi) is 2.87. The van der Waals surface area contributed by atoms with Crippen LogP contribution in [0.25, 0.3) is 0 Å². The predicted octanol–water partition coefficient (Wildman–Crippen LogP) is 1.78. The van der Waals surface area contributed by atoms with Crippen molar-refractivity contribution in [1.29, 1.82) is 0 Å². The summed E-state index contributed by atoms with van der Waals surface area (Å²) in [4.78, 5) is 19.8. The summed E-state index contributed by atoms with van der Waals surface area (Å²) >= 11 is 0. The van der Waals surface area contributed by atoms with Crippen LogP contribution in [0.15, 0.2) is 18.6 Å². The number of hydrogen-bond donors (Lipinski definition) is 0. The summed E-state index contributed by atoms with van der Waals surface area (Å²) in [5.41, 5.74) is 0.796. The van der Waals surface area contributed by atoms with Gasteiger partial charge in [0.1, 0.15) is 5.78 Å². The minimum Gasteiger partial charge on any atom is -0.299 e. The first kappa shape index (κ1) is 9.31. The van der Waals surface area contributed by atoms with Crippen molar-refractivity contribution in [2.45, 2.75) is 32.1 Å². The van der Waals surface area contributed by atoms with E-state index in [-0.39, 0.29) is 5.92 Å².